The maximum atomic E-state index is 12.4. The van der Waals surface area contributed by atoms with Gasteiger partial charge in [0.05, 0.1) is 32.8 Å². The highest BCUT2D eigenvalue weighted by Gasteiger charge is 2.21. The molecule has 1 amide bonds. The maximum Gasteiger partial charge on any atom is 0.317 e. The van der Waals surface area contributed by atoms with Gasteiger partial charge in [-0.05, 0) is 6.42 Å². The number of carboxylic acid groups (broad SMARTS) is 3. The van der Waals surface area contributed by atoms with Crippen LogP contribution in [-0.4, -0.2) is 157 Å². The molecule has 0 radical (unpaired) electrons. The molecule has 13 nitrogen and oxygen atoms in total. The van der Waals surface area contributed by atoms with E-state index in [1.165, 1.54) is 0 Å². The number of rotatable bonds is 13. The minimum atomic E-state index is -1.00. The third-order valence-electron chi connectivity index (χ3n) is 5.29. The fraction of sp³-hybridized carbons (Fsp3) is 0.810. The molecule has 1 fully saturated rings. The van der Waals surface area contributed by atoms with Crippen LogP contribution in [0.3, 0.4) is 0 Å². The molecule has 0 aromatic rings. The summed E-state index contributed by atoms with van der Waals surface area (Å²) in [6.45, 7) is 5.85. The summed E-state index contributed by atoms with van der Waals surface area (Å²) in [6, 6.07) is 0. The first-order chi connectivity index (χ1) is 16.2. The van der Waals surface area contributed by atoms with Crippen LogP contribution in [0.5, 0.6) is 0 Å². The summed E-state index contributed by atoms with van der Waals surface area (Å²) in [5.41, 5.74) is 0. The molecule has 0 spiro atoms. The normalized spacial score (nSPS) is 18.0. The van der Waals surface area contributed by atoms with E-state index < -0.39 is 17.9 Å². The van der Waals surface area contributed by atoms with Crippen molar-refractivity contribution >= 4 is 23.8 Å². The summed E-state index contributed by atoms with van der Waals surface area (Å²) < 4.78 is 5.36. The number of carboxylic acids is 3. The smallest absolute Gasteiger partial charge is 0.317 e. The van der Waals surface area contributed by atoms with Crippen LogP contribution in [0.2, 0.25) is 0 Å². The van der Waals surface area contributed by atoms with Gasteiger partial charge in [0.1, 0.15) is 0 Å². The van der Waals surface area contributed by atoms with Crippen molar-refractivity contribution < 1.29 is 39.2 Å². The molecule has 0 aromatic heterocycles. The molecule has 0 aromatic carbocycles. The second kappa shape index (κ2) is 17.2. The highest BCUT2D eigenvalue weighted by Crippen LogP contribution is 2.01. The number of hydrogen-bond acceptors (Lipinski definition) is 9. The quantitative estimate of drug-likeness (QED) is 0.211. The molecule has 0 aliphatic carbocycles. The number of ether oxygens (including phenoxy) is 1. The Bertz CT molecular complexity index is 619. The predicted octanol–water partition coefficient (Wildman–Crippen LogP) is -2.00. The van der Waals surface area contributed by atoms with Crippen molar-refractivity contribution in [3.63, 3.8) is 0 Å². The van der Waals surface area contributed by atoms with Gasteiger partial charge >= 0.3 is 17.9 Å². The number of nitrogens with zero attached hydrogens (tertiary/aromatic N) is 4. The molecule has 0 atom stereocenters. The van der Waals surface area contributed by atoms with Gasteiger partial charge in [0.25, 0.3) is 0 Å². The Morgan fingerprint density at radius 1 is 0.647 bits per heavy atom. The van der Waals surface area contributed by atoms with Crippen molar-refractivity contribution in [2.75, 3.05) is 98.3 Å². The molecule has 1 saturated heterocycles. The summed E-state index contributed by atoms with van der Waals surface area (Å²) in [6.07, 6.45) is 0.898. The van der Waals surface area contributed by atoms with Gasteiger partial charge in [-0.25, -0.2) is 0 Å². The van der Waals surface area contributed by atoms with Crippen LogP contribution in [-0.2, 0) is 23.9 Å². The van der Waals surface area contributed by atoms with Crippen LogP contribution in [0.4, 0.5) is 0 Å². The Hall–Kier alpha value is -2.32. The highest BCUT2D eigenvalue weighted by molar-refractivity contribution is 5.78. The van der Waals surface area contributed by atoms with E-state index >= 15 is 0 Å². The van der Waals surface area contributed by atoms with E-state index in [2.05, 4.69) is 5.32 Å². The molecule has 196 valence electrons. The first kappa shape index (κ1) is 29.7. The van der Waals surface area contributed by atoms with Crippen molar-refractivity contribution in [1.29, 1.82) is 0 Å². The molecule has 0 unspecified atom stereocenters. The molecule has 1 aliphatic heterocycles. The van der Waals surface area contributed by atoms with Gasteiger partial charge in [0.15, 0.2) is 0 Å². The Kier molecular flexibility index (Phi) is 15.0. The highest BCUT2D eigenvalue weighted by atomic mass is 16.5. The fourth-order valence-electron chi connectivity index (χ4n) is 3.55. The molecule has 34 heavy (non-hydrogen) atoms. The van der Waals surface area contributed by atoms with Crippen molar-refractivity contribution in [3.8, 4) is 0 Å². The van der Waals surface area contributed by atoms with Crippen LogP contribution < -0.4 is 5.32 Å². The average Bonchev–Trinajstić information content (AvgIpc) is 2.74. The van der Waals surface area contributed by atoms with Crippen molar-refractivity contribution in [2.24, 2.45) is 0 Å². The number of aliphatic carboxylic acids is 3. The Labute approximate surface area is 200 Å². The molecule has 1 rings (SSSR count). The van der Waals surface area contributed by atoms with Crippen LogP contribution in [0.1, 0.15) is 13.3 Å². The van der Waals surface area contributed by atoms with Gasteiger partial charge in [-0.2, -0.15) is 0 Å². The standard InChI is InChI=1S/C21H39N5O8/c1-2-12-34-13-3-22-18(27)14-23-4-6-24(15-19(28)29)8-10-26(17-21(32)33)11-9-25(7-5-23)16-20(30)31/h2-17H2,1H3,(H,22,27)(H,28,29)(H,30,31)(H,32,33). The first-order valence-corrected chi connectivity index (χ1v) is 11.6. The lowest BCUT2D eigenvalue weighted by atomic mass is 10.3. The molecular formula is C21H39N5O8. The van der Waals surface area contributed by atoms with E-state index in [9.17, 15) is 34.5 Å². The number of carbonyl (C=O) groups is 4. The number of nitrogens with one attached hydrogen (secondary N) is 1. The van der Waals surface area contributed by atoms with Crippen LogP contribution in [0, 0.1) is 0 Å². The van der Waals surface area contributed by atoms with Gasteiger partial charge in [-0.15, -0.1) is 0 Å². The van der Waals surface area contributed by atoms with E-state index in [-0.39, 0.29) is 32.1 Å². The van der Waals surface area contributed by atoms with Crippen LogP contribution in [0.15, 0.2) is 0 Å². The zero-order valence-electron chi connectivity index (χ0n) is 20.0. The molecule has 4 N–H and O–H groups in total. The van der Waals surface area contributed by atoms with E-state index in [4.69, 9.17) is 4.74 Å². The first-order valence-electron chi connectivity index (χ1n) is 11.6. The second-order valence-corrected chi connectivity index (χ2v) is 8.25. The number of carbonyl (C=O) groups excluding carboxylic acids is 1. The van der Waals surface area contributed by atoms with Gasteiger partial charge in [0.2, 0.25) is 5.91 Å². The van der Waals surface area contributed by atoms with Crippen LogP contribution in [0.25, 0.3) is 0 Å². The minimum absolute atomic E-state index is 0.0980. The van der Waals surface area contributed by atoms with E-state index in [1.54, 1.807) is 14.7 Å². The lowest BCUT2D eigenvalue weighted by molar-refractivity contribution is -0.140. The van der Waals surface area contributed by atoms with E-state index in [0.717, 1.165) is 6.42 Å². The van der Waals surface area contributed by atoms with E-state index in [0.29, 0.717) is 72.1 Å². The van der Waals surface area contributed by atoms with Crippen molar-refractivity contribution in [3.05, 3.63) is 0 Å². The Morgan fingerprint density at radius 3 is 1.32 bits per heavy atom. The SMILES string of the molecule is CCCOCCNC(=O)CN1CCN(CC(=O)O)CCN(CC(=O)O)CCN(CC(=O)O)CC1. The maximum absolute atomic E-state index is 12.4. The minimum Gasteiger partial charge on any atom is -0.480 e. The summed E-state index contributed by atoms with van der Waals surface area (Å²) in [5, 5.41) is 30.5. The van der Waals surface area contributed by atoms with Crippen molar-refractivity contribution in [2.45, 2.75) is 13.3 Å². The molecule has 1 heterocycles. The largest absolute Gasteiger partial charge is 0.480 e. The monoisotopic (exact) mass is 489 g/mol. The predicted molar refractivity (Wildman–Crippen MR) is 123 cm³/mol. The number of amides is 1. The molecular weight excluding hydrogens is 450 g/mol. The van der Waals surface area contributed by atoms with Gasteiger partial charge in [-0.1, -0.05) is 6.92 Å². The summed E-state index contributed by atoms with van der Waals surface area (Å²) >= 11 is 0. The molecule has 0 bridgehead atoms. The van der Waals surface area contributed by atoms with Gasteiger partial charge < -0.3 is 25.4 Å². The second-order valence-electron chi connectivity index (χ2n) is 8.25. The lowest BCUT2D eigenvalue weighted by Crippen LogP contribution is -2.50. The third kappa shape index (κ3) is 14.8. The summed E-state index contributed by atoms with van der Waals surface area (Å²) in [7, 11) is 0. The zero-order chi connectivity index (χ0) is 25.3. The van der Waals surface area contributed by atoms with Crippen molar-refractivity contribution in [1.82, 2.24) is 24.9 Å². The molecule has 0 saturated carbocycles. The number of hydrogen-bond donors (Lipinski definition) is 4. The van der Waals surface area contributed by atoms with Gasteiger partial charge in [0, 0.05) is 65.5 Å². The fourth-order valence-corrected chi connectivity index (χ4v) is 3.55. The van der Waals surface area contributed by atoms with E-state index in [1.807, 2.05) is 11.8 Å². The Balaban J connectivity index is 2.82. The lowest BCUT2D eigenvalue weighted by Gasteiger charge is -2.32. The third-order valence-corrected chi connectivity index (χ3v) is 5.29. The summed E-state index contributed by atoms with van der Waals surface area (Å²) in [5.74, 6) is -3.16. The Morgan fingerprint density at radius 2 is 1.00 bits per heavy atom. The molecule has 1 aliphatic rings. The topological polar surface area (TPSA) is 163 Å². The zero-order valence-corrected chi connectivity index (χ0v) is 20.0. The van der Waals surface area contributed by atoms with Crippen LogP contribution >= 0.6 is 0 Å². The average molecular weight is 490 g/mol. The van der Waals surface area contributed by atoms with Gasteiger partial charge in [-0.3, -0.25) is 38.8 Å². The summed E-state index contributed by atoms with van der Waals surface area (Å²) in [4.78, 5) is 53.2. The molecule has 13 heteroatoms.